The molecule has 0 radical (unpaired) electrons. The summed E-state index contributed by atoms with van der Waals surface area (Å²) in [5, 5.41) is 6.47. The molecule has 2 N–H and O–H groups in total. The van der Waals surface area contributed by atoms with E-state index in [1.807, 2.05) is 25.1 Å². The highest BCUT2D eigenvalue weighted by Gasteiger charge is 2.34. The molecule has 1 saturated carbocycles. The molecule has 1 saturated heterocycles. The van der Waals surface area contributed by atoms with E-state index in [0.29, 0.717) is 44.3 Å². The number of hydrogen-bond acceptors (Lipinski definition) is 4. The Labute approximate surface area is 205 Å². The van der Waals surface area contributed by atoms with Crippen LogP contribution in [0.5, 0.6) is 11.5 Å². The number of nitrogens with zero attached hydrogens (tertiary/aromatic N) is 2. The van der Waals surface area contributed by atoms with Crippen LogP contribution >= 0.6 is 24.0 Å². The molecule has 0 spiro atoms. The van der Waals surface area contributed by atoms with E-state index >= 15 is 0 Å². The highest BCUT2D eigenvalue weighted by molar-refractivity contribution is 14.0. The zero-order chi connectivity index (χ0) is 22.3. The molecular weight excluding hydrogens is 536 g/mol. The normalized spacial score (nSPS) is 20.2. The first-order chi connectivity index (χ1) is 14.9. The molecule has 0 aromatic heterocycles. The quantitative estimate of drug-likeness (QED) is 0.277. The van der Waals surface area contributed by atoms with Crippen molar-refractivity contribution < 1.29 is 22.6 Å². The summed E-state index contributed by atoms with van der Waals surface area (Å²) in [5.74, 6) is 2.01. The van der Waals surface area contributed by atoms with Gasteiger partial charge in [-0.15, -0.1) is 24.0 Å². The third-order valence-electron chi connectivity index (χ3n) is 5.63. The second kappa shape index (κ2) is 12.7. The number of aliphatic imine (C=N–C) groups is 1. The smallest absolute Gasteiger partial charge is 0.401 e. The molecule has 3 rings (SSSR count). The molecule has 32 heavy (non-hydrogen) atoms. The van der Waals surface area contributed by atoms with E-state index in [-0.39, 0.29) is 36.1 Å². The Hall–Kier alpha value is -1.43. The van der Waals surface area contributed by atoms with Crippen molar-refractivity contribution >= 4 is 29.9 Å². The molecule has 182 valence electrons. The minimum atomic E-state index is -4.17. The van der Waals surface area contributed by atoms with Crippen LogP contribution in [0, 0.1) is 0 Å². The van der Waals surface area contributed by atoms with Crippen molar-refractivity contribution in [1.82, 2.24) is 15.5 Å². The number of rotatable bonds is 8. The molecule has 1 aromatic carbocycles. The summed E-state index contributed by atoms with van der Waals surface area (Å²) in [7, 11) is 1.63. The Bertz CT molecular complexity index is 742. The summed E-state index contributed by atoms with van der Waals surface area (Å²) in [4.78, 5) is 6.10. The lowest BCUT2D eigenvalue weighted by Crippen LogP contribution is -2.45. The van der Waals surface area contributed by atoms with Crippen LogP contribution in [-0.2, 0) is 6.54 Å². The number of methoxy groups -OCH3 is 1. The van der Waals surface area contributed by atoms with E-state index in [4.69, 9.17) is 9.47 Å². The van der Waals surface area contributed by atoms with Gasteiger partial charge < -0.3 is 20.1 Å². The molecule has 10 heteroatoms. The van der Waals surface area contributed by atoms with Gasteiger partial charge in [-0.1, -0.05) is 12.1 Å². The third kappa shape index (κ3) is 8.17. The van der Waals surface area contributed by atoms with Gasteiger partial charge >= 0.3 is 6.18 Å². The van der Waals surface area contributed by atoms with Crippen molar-refractivity contribution in [1.29, 1.82) is 0 Å². The molecule has 0 amide bonds. The monoisotopic (exact) mass is 570 g/mol. The number of hydrogen-bond donors (Lipinski definition) is 2. The number of benzene rings is 1. The highest BCUT2D eigenvalue weighted by Crippen LogP contribution is 2.35. The molecule has 2 fully saturated rings. The molecule has 1 heterocycles. The van der Waals surface area contributed by atoms with Gasteiger partial charge in [-0.3, -0.25) is 4.90 Å². The number of alkyl halides is 3. The van der Waals surface area contributed by atoms with Crippen molar-refractivity contribution in [2.45, 2.75) is 63.9 Å². The minimum absolute atomic E-state index is 0. The topological polar surface area (TPSA) is 58.1 Å². The van der Waals surface area contributed by atoms with E-state index in [1.54, 1.807) is 7.11 Å². The second-order valence-corrected chi connectivity index (χ2v) is 8.15. The predicted octanol–water partition coefficient (Wildman–Crippen LogP) is 4.33. The van der Waals surface area contributed by atoms with Crippen LogP contribution in [0.2, 0.25) is 0 Å². The maximum atomic E-state index is 12.7. The van der Waals surface area contributed by atoms with Gasteiger partial charge in [0.05, 0.1) is 26.3 Å². The molecule has 1 unspecified atom stereocenters. The van der Waals surface area contributed by atoms with Gasteiger partial charge in [-0.05, 0) is 45.1 Å². The standard InChI is InChI=1S/C22H33F3N4O2.HI/c1-3-26-21(28-17-11-12-29(14-17)15-22(23,24)25)27-13-16-7-6-10-19(30-2)20(16)31-18-8-4-5-9-18;/h6-7,10,17-18H,3-5,8-9,11-15H2,1-2H3,(H2,26,27,28);1H. The van der Waals surface area contributed by atoms with Crippen molar-refractivity contribution in [3.63, 3.8) is 0 Å². The Balaban J connectivity index is 0.00000363. The van der Waals surface area contributed by atoms with E-state index in [9.17, 15) is 13.2 Å². The van der Waals surface area contributed by atoms with Crippen LogP contribution in [0.25, 0.3) is 0 Å². The second-order valence-electron chi connectivity index (χ2n) is 8.15. The van der Waals surface area contributed by atoms with Crippen LogP contribution in [0.4, 0.5) is 13.2 Å². The fourth-order valence-electron chi connectivity index (χ4n) is 4.18. The average Bonchev–Trinajstić information content (AvgIpc) is 3.38. The van der Waals surface area contributed by atoms with E-state index < -0.39 is 12.7 Å². The number of guanidine groups is 1. The lowest BCUT2D eigenvalue weighted by Gasteiger charge is -2.20. The molecular formula is C22H34F3IN4O2. The summed E-state index contributed by atoms with van der Waals surface area (Å²) in [6.07, 6.45) is 1.11. The molecule has 6 nitrogen and oxygen atoms in total. The average molecular weight is 570 g/mol. The molecule has 1 atom stereocenters. The van der Waals surface area contributed by atoms with Gasteiger partial charge in [0.25, 0.3) is 0 Å². The fourth-order valence-corrected chi connectivity index (χ4v) is 4.18. The van der Waals surface area contributed by atoms with Crippen LogP contribution in [0.3, 0.4) is 0 Å². The predicted molar refractivity (Wildman–Crippen MR) is 130 cm³/mol. The molecule has 1 aliphatic carbocycles. The molecule has 1 aromatic rings. The largest absolute Gasteiger partial charge is 0.493 e. The lowest BCUT2D eigenvalue weighted by molar-refractivity contribution is -0.143. The Kier molecular flexibility index (Phi) is 10.7. The summed E-state index contributed by atoms with van der Waals surface area (Å²) < 4.78 is 49.7. The molecule has 2 aliphatic rings. The van der Waals surface area contributed by atoms with Crippen molar-refractivity contribution in [3.05, 3.63) is 23.8 Å². The fraction of sp³-hybridized carbons (Fsp3) is 0.682. The van der Waals surface area contributed by atoms with Gasteiger partial charge in [0.1, 0.15) is 0 Å². The Morgan fingerprint density at radius 1 is 1.22 bits per heavy atom. The van der Waals surface area contributed by atoms with Crippen molar-refractivity contribution in [3.8, 4) is 11.5 Å². The number of para-hydroxylation sites is 1. The third-order valence-corrected chi connectivity index (χ3v) is 5.63. The molecule has 0 bridgehead atoms. The maximum Gasteiger partial charge on any atom is 0.401 e. The molecule has 1 aliphatic heterocycles. The number of nitrogens with one attached hydrogen (secondary N) is 2. The summed E-state index contributed by atoms with van der Waals surface area (Å²) >= 11 is 0. The van der Waals surface area contributed by atoms with Crippen LogP contribution in [0.15, 0.2) is 23.2 Å². The van der Waals surface area contributed by atoms with E-state index in [0.717, 1.165) is 24.2 Å². The minimum Gasteiger partial charge on any atom is -0.493 e. The zero-order valence-corrected chi connectivity index (χ0v) is 21.0. The first kappa shape index (κ1) is 26.8. The number of ether oxygens (including phenoxy) is 2. The van der Waals surface area contributed by atoms with Crippen molar-refractivity contribution in [2.75, 3.05) is 33.3 Å². The van der Waals surface area contributed by atoms with Crippen LogP contribution in [0.1, 0.15) is 44.6 Å². The highest BCUT2D eigenvalue weighted by atomic mass is 127. The van der Waals surface area contributed by atoms with Gasteiger partial charge in [0, 0.05) is 31.2 Å². The first-order valence-corrected chi connectivity index (χ1v) is 11.0. The lowest BCUT2D eigenvalue weighted by atomic mass is 10.1. The number of likely N-dealkylation sites (tertiary alicyclic amines) is 1. The summed E-state index contributed by atoms with van der Waals surface area (Å²) in [5.41, 5.74) is 0.925. The zero-order valence-electron chi connectivity index (χ0n) is 18.7. The van der Waals surface area contributed by atoms with Gasteiger partial charge in [0.2, 0.25) is 0 Å². The maximum absolute atomic E-state index is 12.7. The first-order valence-electron chi connectivity index (χ1n) is 11.0. The SMILES string of the molecule is CCNC(=NCc1cccc(OC)c1OC1CCCC1)NC1CCN(CC(F)(F)F)C1.I. The van der Waals surface area contributed by atoms with Crippen LogP contribution in [-0.4, -0.2) is 62.5 Å². The van der Waals surface area contributed by atoms with Gasteiger partial charge in [-0.2, -0.15) is 13.2 Å². The van der Waals surface area contributed by atoms with Crippen LogP contribution < -0.4 is 20.1 Å². The summed E-state index contributed by atoms with van der Waals surface area (Å²) in [6, 6.07) is 5.70. The summed E-state index contributed by atoms with van der Waals surface area (Å²) in [6.45, 7) is 2.90. The Morgan fingerprint density at radius 3 is 2.62 bits per heavy atom. The van der Waals surface area contributed by atoms with E-state index in [2.05, 4.69) is 15.6 Å². The Morgan fingerprint density at radius 2 is 1.97 bits per heavy atom. The van der Waals surface area contributed by atoms with Crippen molar-refractivity contribution in [2.24, 2.45) is 4.99 Å². The van der Waals surface area contributed by atoms with Gasteiger partial charge in [-0.25, -0.2) is 4.99 Å². The van der Waals surface area contributed by atoms with Gasteiger partial charge in [0.15, 0.2) is 17.5 Å². The van der Waals surface area contributed by atoms with E-state index in [1.165, 1.54) is 17.7 Å². The number of halogens is 4.